The highest BCUT2D eigenvalue weighted by Gasteiger charge is 2.11. The molecule has 6 heteroatoms. The molecule has 170 valence electrons. The van der Waals surface area contributed by atoms with Crippen molar-refractivity contribution in [2.75, 3.05) is 20.3 Å². The molecule has 0 saturated carbocycles. The van der Waals surface area contributed by atoms with Crippen molar-refractivity contribution in [2.45, 2.75) is 45.6 Å². The van der Waals surface area contributed by atoms with Gasteiger partial charge in [0.05, 0.1) is 24.7 Å². The van der Waals surface area contributed by atoms with Gasteiger partial charge in [-0.2, -0.15) is 0 Å². The Bertz CT molecular complexity index is 1040. The summed E-state index contributed by atoms with van der Waals surface area (Å²) < 4.78 is 13.8. The first-order chi connectivity index (χ1) is 15.6. The van der Waals surface area contributed by atoms with Crippen LogP contribution in [0.2, 0.25) is 0 Å². The quantitative estimate of drug-likeness (QED) is 0.312. The molecule has 6 nitrogen and oxygen atoms in total. The van der Waals surface area contributed by atoms with Crippen LogP contribution in [0.3, 0.4) is 0 Å². The molecule has 0 aliphatic rings. The van der Waals surface area contributed by atoms with Crippen molar-refractivity contribution in [1.29, 1.82) is 0 Å². The van der Waals surface area contributed by atoms with Gasteiger partial charge < -0.3 is 19.4 Å². The first kappa shape index (κ1) is 23.4. The number of para-hydroxylation sites is 2. The van der Waals surface area contributed by atoms with Gasteiger partial charge >= 0.3 is 0 Å². The van der Waals surface area contributed by atoms with E-state index in [1.807, 2.05) is 42.5 Å². The second kappa shape index (κ2) is 11.9. The average molecular weight is 436 g/mol. The number of carbonyl (C=O) groups is 1. The summed E-state index contributed by atoms with van der Waals surface area (Å²) in [4.78, 5) is 15.8. The Kier molecular flexibility index (Phi) is 8.72. The topological polar surface area (TPSA) is 65.4 Å². The van der Waals surface area contributed by atoms with Crippen molar-refractivity contribution in [3.05, 3.63) is 66.5 Å². The highest BCUT2D eigenvalue weighted by atomic mass is 16.5. The number of rotatable bonds is 13. The molecule has 0 radical (unpaired) electrons. The summed E-state index contributed by atoms with van der Waals surface area (Å²) in [6, 6.07) is 14.2. The van der Waals surface area contributed by atoms with Crippen LogP contribution in [-0.2, 0) is 24.2 Å². The third-order valence-electron chi connectivity index (χ3n) is 5.37. The minimum Gasteiger partial charge on any atom is -0.493 e. The third-order valence-corrected chi connectivity index (χ3v) is 5.37. The van der Waals surface area contributed by atoms with Crippen molar-refractivity contribution < 1.29 is 14.3 Å². The van der Waals surface area contributed by atoms with Gasteiger partial charge in [0.15, 0.2) is 11.5 Å². The monoisotopic (exact) mass is 435 g/mol. The largest absolute Gasteiger partial charge is 0.493 e. The fraction of sp³-hybridized carbons (Fsp3) is 0.385. The van der Waals surface area contributed by atoms with Crippen molar-refractivity contribution in [3.63, 3.8) is 0 Å². The van der Waals surface area contributed by atoms with E-state index < -0.39 is 0 Å². The maximum Gasteiger partial charge on any atom is 0.216 e. The Labute approximate surface area is 190 Å². The van der Waals surface area contributed by atoms with E-state index >= 15 is 0 Å². The van der Waals surface area contributed by atoms with Gasteiger partial charge in [0.2, 0.25) is 5.91 Å². The molecule has 0 saturated heterocycles. The molecule has 2 aromatic carbocycles. The Balaban J connectivity index is 1.63. The second-order valence-corrected chi connectivity index (χ2v) is 7.79. The molecule has 32 heavy (non-hydrogen) atoms. The number of fused-ring (bicyclic) bond motifs is 1. The van der Waals surface area contributed by atoms with Crippen LogP contribution in [0.1, 0.15) is 37.6 Å². The summed E-state index contributed by atoms with van der Waals surface area (Å²) in [6.07, 6.45) is 6.63. The Morgan fingerprint density at radius 1 is 1.16 bits per heavy atom. The fourth-order valence-corrected chi connectivity index (χ4v) is 3.79. The maximum atomic E-state index is 11.0. The Morgan fingerprint density at radius 3 is 2.78 bits per heavy atom. The predicted molar refractivity (Wildman–Crippen MR) is 128 cm³/mol. The summed E-state index contributed by atoms with van der Waals surface area (Å²) in [5.74, 6) is 2.57. The van der Waals surface area contributed by atoms with E-state index in [2.05, 4.69) is 22.5 Å². The fourth-order valence-electron chi connectivity index (χ4n) is 3.79. The van der Waals surface area contributed by atoms with Crippen molar-refractivity contribution in [3.8, 4) is 11.5 Å². The zero-order valence-corrected chi connectivity index (χ0v) is 19.1. The Hall–Kier alpha value is -3.28. The number of carbonyl (C=O) groups excluding carboxylic acids is 1. The number of unbranched alkanes of at least 4 members (excludes halogenated alkanes) is 2. The smallest absolute Gasteiger partial charge is 0.216 e. The van der Waals surface area contributed by atoms with E-state index in [4.69, 9.17) is 14.5 Å². The molecule has 0 spiro atoms. The van der Waals surface area contributed by atoms with Gasteiger partial charge in [0.1, 0.15) is 12.4 Å². The summed E-state index contributed by atoms with van der Waals surface area (Å²) in [5, 5.41) is 2.85. The molecule has 0 aliphatic heterocycles. The summed E-state index contributed by atoms with van der Waals surface area (Å²) in [6.45, 7) is 7.30. The normalized spacial score (nSPS) is 10.8. The molecule has 3 rings (SSSR count). The summed E-state index contributed by atoms with van der Waals surface area (Å²) in [5.41, 5.74) is 3.27. The zero-order chi connectivity index (χ0) is 22.8. The van der Waals surface area contributed by atoms with Gasteiger partial charge in [-0.1, -0.05) is 30.7 Å². The summed E-state index contributed by atoms with van der Waals surface area (Å²) in [7, 11) is 1.66. The minimum atomic E-state index is 0.0266. The molecule has 0 unspecified atom stereocenters. The molecule has 1 amide bonds. The number of hydrogen-bond acceptors (Lipinski definition) is 4. The minimum absolute atomic E-state index is 0.0266. The molecule has 0 bridgehead atoms. The van der Waals surface area contributed by atoms with E-state index in [-0.39, 0.29) is 5.91 Å². The lowest BCUT2D eigenvalue weighted by atomic mass is 10.1. The van der Waals surface area contributed by atoms with E-state index in [9.17, 15) is 4.79 Å². The number of amides is 1. The number of nitrogens with one attached hydrogen (secondary N) is 1. The van der Waals surface area contributed by atoms with Crippen LogP contribution in [0.25, 0.3) is 11.0 Å². The van der Waals surface area contributed by atoms with Gasteiger partial charge in [0, 0.05) is 19.9 Å². The van der Waals surface area contributed by atoms with Crippen LogP contribution in [0.15, 0.2) is 55.1 Å². The molecule has 0 atom stereocenters. The highest BCUT2D eigenvalue weighted by Crippen LogP contribution is 2.28. The molecule has 1 aromatic heterocycles. The first-order valence-electron chi connectivity index (χ1n) is 11.2. The molecule has 1 N–H and O–H groups in total. The summed E-state index contributed by atoms with van der Waals surface area (Å²) >= 11 is 0. The van der Waals surface area contributed by atoms with E-state index in [1.165, 1.54) is 0 Å². The number of allylic oxidation sites excluding steroid dienone is 1. The molecular weight excluding hydrogens is 402 g/mol. The zero-order valence-electron chi connectivity index (χ0n) is 19.1. The maximum absolute atomic E-state index is 11.0. The Morgan fingerprint density at radius 2 is 2.00 bits per heavy atom. The number of nitrogens with zero attached hydrogens (tertiary/aromatic N) is 2. The number of imidazole rings is 1. The van der Waals surface area contributed by atoms with Gasteiger partial charge in [-0.15, -0.1) is 6.58 Å². The predicted octanol–water partition coefficient (Wildman–Crippen LogP) is 4.70. The lowest BCUT2D eigenvalue weighted by Gasteiger charge is -2.14. The number of benzene rings is 2. The van der Waals surface area contributed by atoms with Crippen molar-refractivity contribution >= 4 is 16.9 Å². The van der Waals surface area contributed by atoms with Gasteiger partial charge in [-0.25, -0.2) is 4.98 Å². The molecule has 0 fully saturated rings. The van der Waals surface area contributed by atoms with Crippen LogP contribution in [0, 0.1) is 0 Å². The van der Waals surface area contributed by atoms with Crippen LogP contribution in [-0.4, -0.2) is 35.7 Å². The van der Waals surface area contributed by atoms with E-state index in [0.29, 0.717) is 13.2 Å². The first-order valence-corrected chi connectivity index (χ1v) is 11.2. The van der Waals surface area contributed by atoms with Crippen LogP contribution in [0.4, 0.5) is 0 Å². The van der Waals surface area contributed by atoms with Gasteiger partial charge in [0.25, 0.3) is 0 Å². The number of methoxy groups -OCH3 is 1. The molecule has 3 aromatic rings. The molecular formula is C26H33N3O3. The molecule has 0 aliphatic carbocycles. The van der Waals surface area contributed by atoms with Crippen molar-refractivity contribution in [1.82, 2.24) is 14.9 Å². The van der Waals surface area contributed by atoms with Crippen molar-refractivity contribution in [2.24, 2.45) is 0 Å². The van der Waals surface area contributed by atoms with Crippen LogP contribution < -0.4 is 14.8 Å². The standard InChI is InChI=1S/C26H33N3O3/c1-4-10-21-14-15-24(25(19-21)31-3)32-18-17-29-23-12-8-7-11-22(23)28-26(29)13-6-5-9-16-27-20(2)30/h4,7-8,11-12,14-15,19H,1,5-6,9-10,13,16-18H2,2-3H3,(H,27,30). The number of aryl methyl sites for hydroxylation is 1. The van der Waals surface area contributed by atoms with E-state index in [1.54, 1.807) is 14.0 Å². The van der Waals surface area contributed by atoms with Gasteiger partial charge in [-0.05, 0) is 49.1 Å². The third kappa shape index (κ3) is 6.36. The lowest BCUT2D eigenvalue weighted by Crippen LogP contribution is -2.20. The number of hydrogen-bond donors (Lipinski definition) is 1. The average Bonchev–Trinajstić information content (AvgIpc) is 3.14. The van der Waals surface area contributed by atoms with E-state index in [0.717, 1.165) is 72.6 Å². The SMILES string of the molecule is C=CCc1ccc(OCCn2c(CCCCCNC(C)=O)nc3ccccc32)c(OC)c1. The highest BCUT2D eigenvalue weighted by molar-refractivity contribution is 5.76. The van der Waals surface area contributed by atoms with Gasteiger partial charge in [-0.3, -0.25) is 4.79 Å². The second-order valence-electron chi connectivity index (χ2n) is 7.79. The number of aromatic nitrogens is 2. The lowest BCUT2D eigenvalue weighted by molar-refractivity contribution is -0.118. The number of ether oxygens (including phenoxy) is 2. The van der Waals surface area contributed by atoms with Crippen LogP contribution in [0.5, 0.6) is 11.5 Å². The van der Waals surface area contributed by atoms with Crippen LogP contribution >= 0.6 is 0 Å². The molecule has 1 heterocycles.